The number of aromatic nitrogens is 2. The van der Waals surface area contributed by atoms with Crippen LogP contribution in [0.1, 0.15) is 63.6 Å². The molecule has 1 saturated carbocycles. The molecule has 2 atom stereocenters. The van der Waals surface area contributed by atoms with Gasteiger partial charge in [0.15, 0.2) is 0 Å². The average Bonchev–Trinajstić information content (AvgIpc) is 2.52. The van der Waals surface area contributed by atoms with Gasteiger partial charge in [0.05, 0.1) is 16.4 Å². The molecular weight excluding hydrogens is 300 g/mol. The van der Waals surface area contributed by atoms with Crippen molar-refractivity contribution in [1.82, 2.24) is 9.78 Å². The molecule has 0 aromatic carbocycles. The zero-order chi connectivity index (χ0) is 12.4. The lowest BCUT2D eigenvalue weighted by Crippen LogP contribution is -2.18. The van der Waals surface area contributed by atoms with Crippen LogP contribution >= 0.6 is 27.5 Å². The van der Waals surface area contributed by atoms with Crippen LogP contribution in [0, 0.1) is 0 Å². The van der Waals surface area contributed by atoms with Gasteiger partial charge in [-0.1, -0.05) is 19.3 Å². The summed E-state index contributed by atoms with van der Waals surface area (Å²) in [6.07, 6.45) is 8.08. The fourth-order valence-corrected chi connectivity index (χ4v) is 3.65. The minimum absolute atomic E-state index is 0.253. The molecule has 0 spiro atoms. The Labute approximate surface area is 117 Å². The first-order valence-corrected chi connectivity index (χ1v) is 7.71. The Bertz CT molecular complexity index is 375. The van der Waals surface area contributed by atoms with Gasteiger partial charge in [-0.3, -0.25) is 4.68 Å². The van der Waals surface area contributed by atoms with Crippen LogP contribution in [0.4, 0.5) is 0 Å². The van der Waals surface area contributed by atoms with Crippen molar-refractivity contribution >= 4 is 27.5 Å². The molecule has 0 aliphatic heterocycles. The highest BCUT2D eigenvalue weighted by Crippen LogP contribution is 2.39. The first kappa shape index (κ1) is 13.4. The predicted octanol–water partition coefficient (Wildman–Crippen LogP) is 4.88. The molecule has 2 rings (SSSR count). The van der Waals surface area contributed by atoms with E-state index in [1.165, 1.54) is 31.4 Å². The summed E-state index contributed by atoms with van der Waals surface area (Å²) in [4.78, 5) is 0. The summed E-state index contributed by atoms with van der Waals surface area (Å²) in [5, 5.41) is 4.72. The molecule has 0 saturated heterocycles. The smallest absolute Gasteiger partial charge is 0.0635 e. The van der Waals surface area contributed by atoms with Gasteiger partial charge in [0.2, 0.25) is 0 Å². The maximum Gasteiger partial charge on any atom is 0.0635 e. The summed E-state index contributed by atoms with van der Waals surface area (Å²) in [7, 11) is 0. The topological polar surface area (TPSA) is 17.8 Å². The van der Waals surface area contributed by atoms with Crippen LogP contribution in [0.25, 0.3) is 0 Å². The lowest BCUT2D eigenvalue weighted by molar-refractivity contribution is 0.464. The number of alkyl halides is 1. The number of rotatable bonds is 2. The normalized spacial score (nSPS) is 26.2. The second-order valence-electron chi connectivity index (χ2n) is 5.18. The number of hydrogen-bond donors (Lipinski definition) is 0. The zero-order valence-corrected chi connectivity index (χ0v) is 12.8. The SMILES string of the molecule is CC(C)n1ncc(Br)c1C1CCCCCC1Cl. The van der Waals surface area contributed by atoms with Crippen LogP contribution in [-0.4, -0.2) is 15.2 Å². The lowest BCUT2D eigenvalue weighted by Gasteiger charge is -2.23. The van der Waals surface area contributed by atoms with Gasteiger partial charge in [0.1, 0.15) is 0 Å². The third-order valence-electron chi connectivity index (χ3n) is 3.56. The molecule has 1 aromatic heterocycles. The van der Waals surface area contributed by atoms with E-state index >= 15 is 0 Å². The van der Waals surface area contributed by atoms with Crippen LogP contribution < -0.4 is 0 Å². The third kappa shape index (κ3) is 2.87. The van der Waals surface area contributed by atoms with Crippen LogP contribution in [0.15, 0.2) is 10.7 Å². The standard InChI is InChI=1S/C13H20BrClN2/c1-9(2)17-13(11(14)8-16-17)10-6-4-3-5-7-12(10)15/h8-10,12H,3-7H2,1-2H3. The fourth-order valence-electron chi connectivity index (χ4n) is 2.68. The van der Waals surface area contributed by atoms with Crippen molar-refractivity contribution in [2.45, 2.75) is 63.3 Å². The molecule has 96 valence electrons. The van der Waals surface area contributed by atoms with Gasteiger partial charge in [-0.15, -0.1) is 11.6 Å². The summed E-state index contributed by atoms with van der Waals surface area (Å²) >= 11 is 10.2. The van der Waals surface area contributed by atoms with Crippen molar-refractivity contribution in [3.05, 3.63) is 16.4 Å². The molecule has 1 fully saturated rings. The van der Waals surface area contributed by atoms with Gasteiger partial charge < -0.3 is 0 Å². The summed E-state index contributed by atoms with van der Waals surface area (Å²) in [5.74, 6) is 0.443. The molecule has 0 amide bonds. The molecule has 0 N–H and O–H groups in total. The van der Waals surface area contributed by atoms with Gasteiger partial charge in [-0.05, 0) is 42.6 Å². The number of hydrogen-bond acceptors (Lipinski definition) is 1. The molecule has 0 radical (unpaired) electrons. The van der Waals surface area contributed by atoms with E-state index in [-0.39, 0.29) is 5.38 Å². The van der Waals surface area contributed by atoms with E-state index < -0.39 is 0 Å². The van der Waals surface area contributed by atoms with E-state index in [9.17, 15) is 0 Å². The summed E-state index contributed by atoms with van der Waals surface area (Å²) in [5.41, 5.74) is 1.29. The van der Waals surface area contributed by atoms with Gasteiger partial charge in [-0.2, -0.15) is 5.10 Å². The van der Waals surface area contributed by atoms with Gasteiger partial charge >= 0.3 is 0 Å². The maximum absolute atomic E-state index is 6.57. The Hall–Kier alpha value is -0.0200. The molecule has 0 bridgehead atoms. The largest absolute Gasteiger partial charge is 0.266 e. The van der Waals surface area contributed by atoms with Crippen molar-refractivity contribution < 1.29 is 0 Å². The van der Waals surface area contributed by atoms with E-state index in [1.54, 1.807) is 0 Å². The lowest BCUT2D eigenvalue weighted by atomic mass is 9.95. The van der Waals surface area contributed by atoms with E-state index in [0.29, 0.717) is 12.0 Å². The monoisotopic (exact) mass is 318 g/mol. The summed E-state index contributed by atoms with van der Waals surface area (Å²) < 4.78 is 3.24. The van der Waals surface area contributed by atoms with Crippen LogP contribution in [0.2, 0.25) is 0 Å². The van der Waals surface area contributed by atoms with Gasteiger partial charge in [0, 0.05) is 17.3 Å². The van der Waals surface area contributed by atoms with Crippen LogP contribution in [0.5, 0.6) is 0 Å². The minimum Gasteiger partial charge on any atom is -0.266 e. The van der Waals surface area contributed by atoms with Crippen LogP contribution in [0.3, 0.4) is 0 Å². The number of halogens is 2. The molecule has 2 nitrogen and oxygen atoms in total. The third-order valence-corrected chi connectivity index (χ3v) is 4.69. The van der Waals surface area contributed by atoms with Crippen molar-refractivity contribution in [2.75, 3.05) is 0 Å². The first-order valence-electron chi connectivity index (χ1n) is 6.48. The number of nitrogens with zero attached hydrogens (tertiary/aromatic N) is 2. The Balaban J connectivity index is 2.33. The first-order chi connectivity index (χ1) is 8.11. The van der Waals surface area contributed by atoms with E-state index in [1.807, 2.05) is 6.20 Å². The van der Waals surface area contributed by atoms with E-state index in [0.717, 1.165) is 10.9 Å². The van der Waals surface area contributed by atoms with Gasteiger partial charge in [-0.25, -0.2) is 0 Å². The maximum atomic E-state index is 6.57. The molecule has 17 heavy (non-hydrogen) atoms. The van der Waals surface area contributed by atoms with Crippen LogP contribution in [-0.2, 0) is 0 Å². The average molecular weight is 320 g/mol. The molecule has 4 heteroatoms. The molecule has 2 unspecified atom stereocenters. The fraction of sp³-hybridized carbons (Fsp3) is 0.769. The predicted molar refractivity (Wildman–Crippen MR) is 75.8 cm³/mol. The zero-order valence-electron chi connectivity index (χ0n) is 10.5. The quantitative estimate of drug-likeness (QED) is 0.561. The van der Waals surface area contributed by atoms with Crippen molar-refractivity contribution in [2.24, 2.45) is 0 Å². The Kier molecular flexibility index (Phi) is 4.53. The highest BCUT2D eigenvalue weighted by Gasteiger charge is 2.28. The highest BCUT2D eigenvalue weighted by atomic mass is 79.9. The van der Waals surface area contributed by atoms with E-state index in [2.05, 4.69) is 39.6 Å². The summed E-state index contributed by atoms with van der Waals surface area (Å²) in [6.45, 7) is 4.34. The van der Waals surface area contributed by atoms with Crippen molar-refractivity contribution in [3.63, 3.8) is 0 Å². The Morgan fingerprint density at radius 1 is 1.35 bits per heavy atom. The molecule has 1 heterocycles. The molecule has 1 aromatic rings. The highest BCUT2D eigenvalue weighted by molar-refractivity contribution is 9.10. The molecular formula is C13H20BrClN2. The molecule has 1 aliphatic rings. The van der Waals surface area contributed by atoms with Crippen molar-refractivity contribution in [1.29, 1.82) is 0 Å². The summed E-state index contributed by atoms with van der Waals surface area (Å²) in [6, 6.07) is 0.392. The minimum atomic E-state index is 0.253. The Morgan fingerprint density at radius 2 is 2.06 bits per heavy atom. The Morgan fingerprint density at radius 3 is 2.76 bits per heavy atom. The molecule has 1 aliphatic carbocycles. The van der Waals surface area contributed by atoms with Gasteiger partial charge in [0.25, 0.3) is 0 Å². The van der Waals surface area contributed by atoms with Crippen molar-refractivity contribution in [3.8, 4) is 0 Å². The van der Waals surface area contributed by atoms with E-state index in [4.69, 9.17) is 11.6 Å². The second kappa shape index (κ2) is 5.75. The second-order valence-corrected chi connectivity index (χ2v) is 6.59.